The van der Waals surface area contributed by atoms with E-state index in [9.17, 15) is 18.0 Å². The number of piperidine rings is 1. The molecule has 3 rings (SSSR count). The van der Waals surface area contributed by atoms with Crippen LogP contribution < -0.4 is 10.6 Å². The summed E-state index contributed by atoms with van der Waals surface area (Å²) in [5, 5.41) is 5.49. The number of anilines is 1. The number of sulfonamides is 1. The standard InChI is InChI=1S/C17H21N5O4S/c1-13(23)19-14-2-4-16(5-3-14)27(25,26)22-9-6-15(7-10-22)20-17(24)21-11-8-18-12-21/h2-5,8,11-12,15H,6-7,9-10H2,1H3,(H,19,23)(H,20,24). The van der Waals surface area contributed by atoms with E-state index >= 15 is 0 Å². The average Bonchev–Trinajstić information content (AvgIpc) is 3.17. The molecule has 9 nitrogen and oxygen atoms in total. The van der Waals surface area contributed by atoms with Gasteiger partial charge in [-0.1, -0.05) is 0 Å². The molecule has 1 aromatic carbocycles. The fourth-order valence-electron chi connectivity index (χ4n) is 2.93. The minimum Gasteiger partial charge on any atom is -0.335 e. The summed E-state index contributed by atoms with van der Waals surface area (Å²) in [6.45, 7) is 2.04. The van der Waals surface area contributed by atoms with Crippen molar-refractivity contribution < 1.29 is 18.0 Å². The third-order valence-corrected chi connectivity index (χ3v) is 6.25. The second-order valence-corrected chi connectivity index (χ2v) is 8.24. The molecule has 0 aliphatic carbocycles. The lowest BCUT2D eigenvalue weighted by atomic mass is 10.1. The Bertz CT molecular complexity index is 901. The molecule has 0 unspecified atom stereocenters. The molecule has 1 fully saturated rings. The van der Waals surface area contributed by atoms with Crippen molar-refractivity contribution in [2.45, 2.75) is 30.7 Å². The van der Waals surface area contributed by atoms with Gasteiger partial charge in [-0.05, 0) is 37.1 Å². The molecule has 2 heterocycles. The Hall–Kier alpha value is -2.72. The number of carbonyl (C=O) groups excluding carboxylic acids is 2. The number of benzene rings is 1. The number of carbonyl (C=O) groups is 2. The van der Waals surface area contributed by atoms with E-state index in [0.717, 1.165) is 0 Å². The molecular weight excluding hydrogens is 370 g/mol. The monoisotopic (exact) mass is 391 g/mol. The Morgan fingerprint density at radius 2 is 1.81 bits per heavy atom. The van der Waals surface area contributed by atoms with Gasteiger partial charge in [-0.3, -0.25) is 9.36 Å². The van der Waals surface area contributed by atoms with Gasteiger partial charge in [0.15, 0.2) is 0 Å². The van der Waals surface area contributed by atoms with Crippen molar-refractivity contribution in [2.24, 2.45) is 0 Å². The van der Waals surface area contributed by atoms with Gasteiger partial charge in [0.1, 0.15) is 6.33 Å². The van der Waals surface area contributed by atoms with Gasteiger partial charge in [0.05, 0.1) is 4.90 Å². The van der Waals surface area contributed by atoms with Crippen molar-refractivity contribution in [1.29, 1.82) is 0 Å². The molecule has 10 heteroatoms. The van der Waals surface area contributed by atoms with Crippen molar-refractivity contribution in [3.63, 3.8) is 0 Å². The highest BCUT2D eigenvalue weighted by atomic mass is 32.2. The van der Waals surface area contributed by atoms with Crippen LogP contribution in [0.2, 0.25) is 0 Å². The van der Waals surface area contributed by atoms with Gasteiger partial charge in [-0.15, -0.1) is 0 Å². The number of nitrogens with one attached hydrogen (secondary N) is 2. The lowest BCUT2D eigenvalue weighted by Crippen LogP contribution is -2.47. The van der Waals surface area contributed by atoms with Crippen LogP contribution in [0.4, 0.5) is 10.5 Å². The third kappa shape index (κ3) is 4.52. The molecule has 2 N–H and O–H groups in total. The average molecular weight is 391 g/mol. The van der Waals surface area contributed by atoms with Gasteiger partial charge in [-0.25, -0.2) is 18.2 Å². The van der Waals surface area contributed by atoms with Crippen LogP contribution in [0.1, 0.15) is 19.8 Å². The molecule has 0 bridgehead atoms. The van der Waals surface area contributed by atoms with E-state index in [1.54, 1.807) is 18.3 Å². The lowest BCUT2D eigenvalue weighted by Gasteiger charge is -2.31. The topological polar surface area (TPSA) is 113 Å². The fraction of sp³-hybridized carbons (Fsp3) is 0.353. The van der Waals surface area contributed by atoms with E-state index < -0.39 is 10.0 Å². The van der Waals surface area contributed by atoms with E-state index in [1.807, 2.05) is 0 Å². The zero-order chi connectivity index (χ0) is 19.4. The van der Waals surface area contributed by atoms with Crippen molar-refractivity contribution in [3.05, 3.63) is 43.0 Å². The fourth-order valence-corrected chi connectivity index (χ4v) is 4.40. The highest BCUT2D eigenvalue weighted by molar-refractivity contribution is 7.89. The second-order valence-electron chi connectivity index (χ2n) is 6.30. The number of imidazole rings is 1. The van der Waals surface area contributed by atoms with Crippen LogP contribution in [0.25, 0.3) is 0 Å². The highest BCUT2D eigenvalue weighted by Crippen LogP contribution is 2.22. The summed E-state index contributed by atoms with van der Waals surface area (Å²) in [7, 11) is -3.61. The Kier molecular flexibility index (Phi) is 5.57. The van der Waals surface area contributed by atoms with E-state index in [1.165, 1.54) is 40.5 Å². The van der Waals surface area contributed by atoms with Crippen LogP contribution in [0.15, 0.2) is 47.9 Å². The Balaban J connectivity index is 1.59. The minimum absolute atomic E-state index is 0.0894. The summed E-state index contributed by atoms with van der Waals surface area (Å²) in [6, 6.07) is 5.72. The van der Waals surface area contributed by atoms with Gasteiger partial charge < -0.3 is 10.6 Å². The lowest BCUT2D eigenvalue weighted by molar-refractivity contribution is -0.114. The van der Waals surface area contributed by atoms with Crippen LogP contribution >= 0.6 is 0 Å². The quantitative estimate of drug-likeness (QED) is 0.814. The molecule has 27 heavy (non-hydrogen) atoms. The van der Waals surface area contributed by atoms with Crippen LogP contribution in [0, 0.1) is 0 Å². The normalized spacial score (nSPS) is 16.0. The predicted octanol–water partition coefficient (Wildman–Crippen LogP) is 1.25. The molecule has 144 valence electrons. The molecule has 1 saturated heterocycles. The van der Waals surface area contributed by atoms with Crippen molar-refractivity contribution >= 4 is 27.6 Å². The number of hydrogen-bond donors (Lipinski definition) is 2. The SMILES string of the molecule is CC(=O)Nc1ccc(S(=O)(=O)N2CCC(NC(=O)n3ccnc3)CC2)cc1. The van der Waals surface area contributed by atoms with Gasteiger partial charge in [0.2, 0.25) is 15.9 Å². The summed E-state index contributed by atoms with van der Waals surface area (Å²) in [4.78, 5) is 27.1. The number of nitrogens with zero attached hydrogens (tertiary/aromatic N) is 3. The Morgan fingerprint density at radius 3 is 2.37 bits per heavy atom. The first-order valence-corrected chi connectivity index (χ1v) is 9.97. The van der Waals surface area contributed by atoms with Crippen LogP contribution in [0.3, 0.4) is 0 Å². The first-order chi connectivity index (χ1) is 12.9. The summed E-state index contributed by atoms with van der Waals surface area (Å²) in [5.41, 5.74) is 0.544. The first-order valence-electron chi connectivity index (χ1n) is 8.53. The summed E-state index contributed by atoms with van der Waals surface area (Å²) >= 11 is 0. The molecule has 0 atom stereocenters. The van der Waals surface area contributed by atoms with Crippen molar-refractivity contribution in [3.8, 4) is 0 Å². The van der Waals surface area contributed by atoms with E-state index in [-0.39, 0.29) is 22.9 Å². The zero-order valence-electron chi connectivity index (χ0n) is 14.8. The first kappa shape index (κ1) is 19.1. The third-order valence-electron chi connectivity index (χ3n) is 4.33. The Labute approximate surface area is 157 Å². The van der Waals surface area contributed by atoms with E-state index in [0.29, 0.717) is 31.6 Å². The molecule has 0 spiro atoms. The number of rotatable bonds is 4. The molecule has 1 aliphatic rings. The minimum atomic E-state index is -3.61. The van der Waals surface area contributed by atoms with E-state index in [2.05, 4.69) is 15.6 Å². The second kappa shape index (κ2) is 7.89. The molecular formula is C17H21N5O4S. The molecule has 1 aliphatic heterocycles. The predicted molar refractivity (Wildman–Crippen MR) is 98.7 cm³/mol. The van der Waals surface area contributed by atoms with Crippen LogP contribution in [-0.4, -0.2) is 53.3 Å². The molecule has 0 radical (unpaired) electrons. The number of amides is 2. The van der Waals surface area contributed by atoms with Crippen molar-refractivity contribution in [2.75, 3.05) is 18.4 Å². The van der Waals surface area contributed by atoms with Gasteiger partial charge in [0.25, 0.3) is 0 Å². The highest BCUT2D eigenvalue weighted by Gasteiger charge is 2.30. The van der Waals surface area contributed by atoms with Gasteiger partial charge in [-0.2, -0.15) is 4.31 Å². The largest absolute Gasteiger partial charge is 0.335 e. The zero-order valence-corrected chi connectivity index (χ0v) is 15.6. The summed E-state index contributed by atoms with van der Waals surface area (Å²) in [5.74, 6) is -0.217. The maximum atomic E-state index is 12.8. The van der Waals surface area contributed by atoms with Gasteiger partial charge >= 0.3 is 6.03 Å². The molecule has 2 amide bonds. The number of hydrogen-bond acceptors (Lipinski definition) is 5. The summed E-state index contributed by atoms with van der Waals surface area (Å²) < 4.78 is 28.3. The van der Waals surface area contributed by atoms with Crippen LogP contribution in [0.5, 0.6) is 0 Å². The molecule has 2 aromatic rings. The maximum absolute atomic E-state index is 12.8. The van der Waals surface area contributed by atoms with E-state index in [4.69, 9.17) is 0 Å². The molecule has 0 saturated carbocycles. The van der Waals surface area contributed by atoms with Gasteiger partial charge in [0, 0.05) is 44.1 Å². The van der Waals surface area contributed by atoms with Crippen molar-refractivity contribution in [1.82, 2.24) is 19.2 Å². The summed E-state index contributed by atoms with van der Waals surface area (Å²) in [6.07, 6.45) is 5.55. The van der Waals surface area contributed by atoms with Crippen LogP contribution in [-0.2, 0) is 14.8 Å². The number of aromatic nitrogens is 2. The Morgan fingerprint density at radius 1 is 1.15 bits per heavy atom. The molecule has 1 aromatic heterocycles. The smallest absolute Gasteiger partial charge is 0.327 e. The maximum Gasteiger partial charge on any atom is 0.327 e.